The number of aromatic amines is 1. The zero-order valence-electron chi connectivity index (χ0n) is 12.4. The van der Waals surface area contributed by atoms with Crippen molar-refractivity contribution < 1.29 is 4.39 Å². The van der Waals surface area contributed by atoms with E-state index in [1.807, 2.05) is 30.5 Å². The first-order chi connectivity index (χ1) is 11.2. The maximum atomic E-state index is 13.7. The molecule has 0 unspecified atom stereocenters. The van der Waals surface area contributed by atoms with E-state index in [2.05, 4.69) is 21.3 Å². The highest BCUT2D eigenvalue weighted by atomic mass is 35.5. The van der Waals surface area contributed by atoms with Gasteiger partial charge in [0.25, 0.3) is 0 Å². The highest BCUT2D eigenvalue weighted by Gasteiger charge is 2.23. The van der Waals surface area contributed by atoms with Crippen LogP contribution in [0.4, 0.5) is 4.39 Å². The maximum absolute atomic E-state index is 13.7. The number of benzene rings is 1. The summed E-state index contributed by atoms with van der Waals surface area (Å²) in [5.41, 5.74) is 3.85. The summed E-state index contributed by atoms with van der Waals surface area (Å²) < 4.78 is 13.7. The molecule has 0 aliphatic heterocycles. The highest BCUT2D eigenvalue weighted by Crippen LogP contribution is 2.40. The predicted octanol–water partition coefficient (Wildman–Crippen LogP) is 5.09. The number of hydrogen-bond acceptors (Lipinski definition) is 2. The standard InChI is InChI=1S/C18H15ClFN3/c19-14-8-13(9-21-10-14)15(12-2-1-3-12)6-11-4-5-17-16(7-11)18(20)23-22-17/h4-10,12H,1-3H2,(H,22,23)/b15-6+. The molecule has 1 fully saturated rings. The van der Waals surface area contributed by atoms with Gasteiger partial charge in [-0.2, -0.15) is 9.49 Å². The summed E-state index contributed by atoms with van der Waals surface area (Å²) >= 11 is 6.09. The molecule has 1 N–H and O–H groups in total. The third kappa shape index (κ3) is 2.75. The van der Waals surface area contributed by atoms with E-state index in [4.69, 9.17) is 11.6 Å². The molecule has 3 nitrogen and oxygen atoms in total. The van der Waals surface area contributed by atoms with E-state index in [9.17, 15) is 4.39 Å². The second-order valence-electron chi connectivity index (χ2n) is 5.93. The summed E-state index contributed by atoms with van der Waals surface area (Å²) in [4.78, 5) is 4.20. The van der Waals surface area contributed by atoms with Gasteiger partial charge in [0.15, 0.2) is 0 Å². The number of hydrogen-bond donors (Lipinski definition) is 1. The van der Waals surface area contributed by atoms with Crippen molar-refractivity contribution in [3.63, 3.8) is 0 Å². The SMILES string of the molecule is Fc1[nH]nc2ccc(/C=C(/c3cncc(Cl)c3)C3CCC3)cc12. The van der Waals surface area contributed by atoms with Crippen LogP contribution in [0, 0.1) is 11.9 Å². The monoisotopic (exact) mass is 327 g/mol. The number of halogens is 2. The number of nitrogens with zero attached hydrogens (tertiary/aromatic N) is 2. The molecular formula is C18H15ClFN3. The Kier molecular flexibility index (Phi) is 3.62. The van der Waals surface area contributed by atoms with E-state index in [-0.39, 0.29) is 0 Å². The van der Waals surface area contributed by atoms with Gasteiger partial charge >= 0.3 is 0 Å². The van der Waals surface area contributed by atoms with E-state index >= 15 is 0 Å². The molecule has 23 heavy (non-hydrogen) atoms. The molecule has 0 spiro atoms. The molecule has 0 amide bonds. The molecule has 2 heterocycles. The van der Waals surface area contributed by atoms with Crippen LogP contribution in [0.15, 0.2) is 36.7 Å². The van der Waals surface area contributed by atoms with Gasteiger partial charge in [0.1, 0.15) is 0 Å². The molecule has 1 aliphatic carbocycles. The molecule has 4 rings (SSSR count). The number of H-pyrrole nitrogens is 1. The number of aromatic nitrogens is 3. The van der Waals surface area contributed by atoms with Gasteiger partial charge in [-0.15, -0.1) is 0 Å². The fourth-order valence-corrected chi connectivity index (χ4v) is 3.17. The van der Waals surface area contributed by atoms with Crippen molar-refractivity contribution >= 4 is 34.2 Å². The molecule has 5 heteroatoms. The van der Waals surface area contributed by atoms with Crippen molar-refractivity contribution in [2.24, 2.45) is 5.92 Å². The van der Waals surface area contributed by atoms with Crippen LogP contribution in [-0.4, -0.2) is 15.2 Å². The van der Waals surface area contributed by atoms with E-state index in [0.29, 0.717) is 21.8 Å². The minimum atomic E-state index is -0.398. The topological polar surface area (TPSA) is 41.6 Å². The molecule has 1 aromatic carbocycles. The number of fused-ring (bicyclic) bond motifs is 1. The average Bonchev–Trinajstić information content (AvgIpc) is 2.86. The molecule has 1 aliphatic rings. The Balaban J connectivity index is 1.80. The fraction of sp³-hybridized carbons (Fsp3) is 0.222. The van der Waals surface area contributed by atoms with Gasteiger partial charge in [0.05, 0.1) is 15.9 Å². The van der Waals surface area contributed by atoms with Gasteiger partial charge in [-0.25, -0.2) is 0 Å². The first kappa shape index (κ1) is 14.4. The molecule has 0 bridgehead atoms. The minimum absolute atomic E-state index is 0.398. The third-order valence-corrected chi connectivity index (χ3v) is 4.64. The summed E-state index contributed by atoms with van der Waals surface area (Å²) in [5, 5.41) is 7.44. The van der Waals surface area contributed by atoms with E-state index in [0.717, 1.165) is 11.1 Å². The van der Waals surface area contributed by atoms with Gasteiger partial charge in [-0.1, -0.05) is 30.2 Å². The summed E-state index contributed by atoms with van der Waals surface area (Å²) in [5.74, 6) is 0.116. The average molecular weight is 328 g/mol. The Bertz CT molecular complexity index is 896. The van der Waals surface area contributed by atoms with Crippen LogP contribution in [0.2, 0.25) is 5.02 Å². The third-order valence-electron chi connectivity index (χ3n) is 4.44. The van der Waals surface area contributed by atoms with Crippen molar-refractivity contribution in [1.29, 1.82) is 0 Å². The number of rotatable bonds is 3. The summed E-state index contributed by atoms with van der Waals surface area (Å²) in [7, 11) is 0. The molecule has 0 radical (unpaired) electrons. The fourth-order valence-electron chi connectivity index (χ4n) is 2.99. The van der Waals surface area contributed by atoms with Gasteiger partial charge < -0.3 is 0 Å². The number of allylic oxidation sites excluding steroid dienone is 1. The second-order valence-corrected chi connectivity index (χ2v) is 6.37. The Labute approximate surface area is 138 Å². The molecular weight excluding hydrogens is 313 g/mol. The summed E-state index contributed by atoms with van der Waals surface area (Å²) in [6.45, 7) is 0. The summed E-state index contributed by atoms with van der Waals surface area (Å²) in [6, 6.07) is 7.55. The lowest BCUT2D eigenvalue weighted by molar-refractivity contribution is 0.401. The molecule has 1 saturated carbocycles. The van der Waals surface area contributed by atoms with E-state index in [1.54, 1.807) is 6.20 Å². The number of pyridine rings is 1. The van der Waals surface area contributed by atoms with Gasteiger partial charge in [0, 0.05) is 12.4 Å². The molecule has 116 valence electrons. The van der Waals surface area contributed by atoms with E-state index < -0.39 is 5.95 Å². The largest absolute Gasteiger partial charge is 0.263 e. The highest BCUT2D eigenvalue weighted by molar-refractivity contribution is 6.30. The molecule has 3 aromatic rings. The summed E-state index contributed by atoms with van der Waals surface area (Å²) in [6.07, 6.45) is 9.17. The normalized spacial score (nSPS) is 15.8. The van der Waals surface area contributed by atoms with Crippen molar-refractivity contribution in [1.82, 2.24) is 15.2 Å². The zero-order valence-corrected chi connectivity index (χ0v) is 13.1. The lowest BCUT2D eigenvalue weighted by atomic mass is 9.76. The Morgan fingerprint density at radius 3 is 2.87 bits per heavy atom. The van der Waals surface area contributed by atoms with Crippen molar-refractivity contribution in [3.05, 3.63) is 58.8 Å². The van der Waals surface area contributed by atoms with Crippen molar-refractivity contribution in [2.45, 2.75) is 19.3 Å². The second kappa shape index (κ2) is 5.78. The molecule has 0 saturated heterocycles. The van der Waals surface area contributed by atoms with Gasteiger partial charge in [0.2, 0.25) is 5.95 Å². The lowest BCUT2D eigenvalue weighted by Crippen LogP contribution is -2.13. The first-order valence-electron chi connectivity index (χ1n) is 7.67. The van der Waals surface area contributed by atoms with Crippen LogP contribution in [0.25, 0.3) is 22.6 Å². The predicted molar refractivity (Wildman–Crippen MR) is 90.5 cm³/mol. The maximum Gasteiger partial charge on any atom is 0.216 e. The van der Waals surface area contributed by atoms with E-state index in [1.165, 1.54) is 24.8 Å². The number of nitrogens with one attached hydrogen (secondary N) is 1. The Hall–Kier alpha value is -2.20. The quantitative estimate of drug-likeness (QED) is 0.728. The van der Waals surface area contributed by atoms with Crippen LogP contribution in [0.3, 0.4) is 0 Å². The Morgan fingerprint density at radius 1 is 1.26 bits per heavy atom. The zero-order chi connectivity index (χ0) is 15.8. The van der Waals surface area contributed by atoms with Crippen LogP contribution >= 0.6 is 11.6 Å². The van der Waals surface area contributed by atoms with Gasteiger partial charge in [-0.3, -0.25) is 10.1 Å². The van der Waals surface area contributed by atoms with Crippen molar-refractivity contribution in [2.75, 3.05) is 0 Å². The van der Waals surface area contributed by atoms with Crippen LogP contribution in [0.1, 0.15) is 30.4 Å². The lowest BCUT2D eigenvalue weighted by Gasteiger charge is -2.28. The van der Waals surface area contributed by atoms with Gasteiger partial charge in [-0.05, 0) is 53.7 Å². The molecule has 2 aromatic heterocycles. The van der Waals surface area contributed by atoms with Crippen molar-refractivity contribution in [3.8, 4) is 0 Å². The first-order valence-corrected chi connectivity index (χ1v) is 8.04. The van der Waals surface area contributed by atoms with Crippen LogP contribution < -0.4 is 0 Å². The van der Waals surface area contributed by atoms with Crippen LogP contribution in [0.5, 0.6) is 0 Å². The smallest absolute Gasteiger partial charge is 0.216 e. The Morgan fingerprint density at radius 2 is 2.13 bits per heavy atom. The molecule has 0 atom stereocenters. The van der Waals surface area contributed by atoms with Crippen LogP contribution in [-0.2, 0) is 0 Å². The minimum Gasteiger partial charge on any atom is -0.263 e.